The second kappa shape index (κ2) is 13.4. The quantitative estimate of drug-likeness (QED) is 0.232. The topological polar surface area (TPSA) is 0 Å². The first-order valence-electron chi connectivity index (χ1n) is 10.9. The highest BCUT2D eigenvalue weighted by atomic mass is 15.3. The Morgan fingerprint density at radius 1 is 0.760 bits per heavy atom. The Morgan fingerprint density at radius 3 is 1.84 bits per heavy atom. The van der Waals surface area contributed by atoms with Crippen molar-refractivity contribution >= 4 is 0 Å². The van der Waals surface area contributed by atoms with Gasteiger partial charge in [-0.3, -0.25) is 0 Å². The number of benzene rings is 1. The molecule has 1 rings (SSSR count). The van der Waals surface area contributed by atoms with Crippen LogP contribution in [0.1, 0.15) is 90.0 Å². The van der Waals surface area contributed by atoms with E-state index in [1.54, 1.807) is 0 Å². The fourth-order valence-electron chi connectivity index (χ4n) is 4.06. The highest BCUT2D eigenvalue weighted by Gasteiger charge is 2.19. The van der Waals surface area contributed by atoms with Gasteiger partial charge in [0.15, 0.2) is 0 Å². The third-order valence-electron chi connectivity index (χ3n) is 5.31. The first-order valence-corrected chi connectivity index (χ1v) is 10.9. The molecule has 144 valence electrons. The SMILES string of the molecule is CCCCCCCCCCCCC(C)C[N+](C)(C)Cc1ccccc1. The van der Waals surface area contributed by atoms with Crippen LogP contribution >= 0.6 is 0 Å². The Bertz CT molecular complexity index is 409. The van der Waals surface area contributed by atoms with Crippen LogP contribution in [0.2, 0.25) is 0 Å². The van der Waals surface area contributed by atoms with E-state index >= 15 is 0 Å². The van der Waals surface area contributed by atoms with E-state index < -0.39 is 0 Å². The Kier molecular flexibility index (Phi) is 11.9. The van der Waals surface area contributed by atoms with Crippen LogP contribution < -0.4 is 0 Å². The summed E-state index contributed by atoms with van der Waals surface area (Å²) in [5.74, 6) is 0.827. The average Bonchev–Trinajstić information content (AvgIpc) is 2.56. The molecule has 0 bridgehead atoms. The standard InChI is InChI=1S/C24H44N/c1-5-6-7-8-9-10-11-12-13-15-18-23(2)21-25(3,4)22-24-19-16-14-17-20-24/h14,16-17,19-20,23H,5-13,15,18,21-22H2,1-4H3/q+1. The summed E-state index contributed by atoms with van der Waals surface area (Å²) in [6.45, 7) is 7.16. The molecule has 1 aromatic carbocycles. The Balaban J connectivity index is 2.03. The molecule has 0 aliphatic heterocycles. The summed E-state index contributed by atoms with van der Waals surface area (Å²) in [5, 5.41) is 0. The van der Waals surface area contributed by atoms with E-state index in [9.17, 15) is 0 Å². The molecule has 0 aromatic heterocycles. The fourth-order valence-corrected chi connectivity index (χ4v) is 4.06. The van der Waals surface area contributed by atoms with Gasteiger partial charge >= 0.3 is 0 Å². The summed E-state index contributed by atoms with van der Waals surface area (Å²) < 4.78 is 1.10. The molecule has 1 unspecified atom stereocenters. The minimum absolute atomic E-state index is 0.827. The van der Waals surface area contributed by atoms with Crippen molar-refractivity contribution in [2.24, 2.45) is 5.92 Å². The van der Waals surface area contributed by atoms with E-state index in [-0.39, 0.29) is 0 Å². The number of hydrogen-bond acceptors (Lipinski definition) is 0. The van der Waals surface area contributed by atoms with Crippen LogP contribution in [0.3, 0.4) is 0 Å². The summed E-state index contributed by atoms with van der Waals surface area (Å²) in [6, 6.07) is 10.9. The van der Waals surface area contributed by atoms with Gasteiger partial charge in [-0.15, -0.1) is 0 Å². The van der Waals surface area contributed by atoms with Crippen LogP contribution in [0.25, 0.3) is 0 Å². The fraction of sp³-hybridized carbons (Fsp3) is 0.750. The highest BCUT2D eigenvalue weighted by Crippen LogP contribution is 2.18. The monoisotopic (exact) mass is 346 g/mol. The summed E-state index contributed by atoms with van der Waals surface area (Å²) in [6.07, 6.45) is 15.8. The van der Waals surface area contributed by atoms with Crippen molar-refractivity contribution in [3.8, 4) is 0 Å². The summed E-state index contributed by atoms with van der Waals surface area (Å²) >= 11 is 0. The van der Waals surface area contributed by atoms with Gasteiger partial charge < -0.3 is 4.48 Å². The molecule has 1 atom stereocenters. The van der Waals surface area contributed by atoms with E-state index in [0.29, 0.717) is 0 Å². The molecule has 1 aromatic rings. The third-order valence-corrected chi connectivity index (χ3v) is 5.31. The summed E-state index contributed by atoms with van der Waals surface area (Å²) in [5.41, 5.74) is 1.46. The molecular weight excluding hydrogens is 302 g/mol. The second-order valence-corrected chi connectivity index (χ2v) is 8.84. The van der Waals surface area contributed by atoms with Crippen molar-refractivity contribution in [3.63, 3.8) is 0 Å². The van der Waals surface area contributed by atoms with Crippen molar-refractivity contribution in [3.05, 3.63) is 35.9 Å². The molecule has 25 heavy (non-hydrogen) atoms. The number of quaternary nitrogens is 1. The lowest BCUT2D eigenvalue weighted by molar-refractivity contribution is -0.906. The molecule has 0 aliphatic carbocycles. The lowest BCUT2D eigenvalue weighted by Crippen LogP contribution is -2.42. The molecule has 0 saturated carbocycles. The maximum absolute atomic E-state index is 2.44. The zero-order valence-corrected chi connectivity index (χ0v) is 17.6. The lowest BCUT2D eigenvalue weighted by atomic mass is 10.00. The van der Waals surface area contributed by atoms with Gasteiger partial charge in [-0.05, 0) is 6.42 Å². The third kappa shape index (κ3) is 12.2. The van der Waals surface area contributed by atoms with Crippen molar-refractivity contribution in [2.75, 3.05) is 20.6 Å². The molecule has 0 saturated heterocycles. The van der Waals surface area contributed by atoms with E-state index in [2.05, 4.69) is 58.3 Å². The minimum atomic E-state index is 0.827. The molecule has 0 fully saturated rings. The van der Waals surface area contributed by atoms with Gasteiger partial charge in [0, 0.05) is 11.5 Å². The van der Waals surface area contributed by atoms with Crippen LogP contribution in [0.5, 0.6) is 0 Å². The van der Waals surface area contributed by atoms with Crippen molar-refractivity contribution in [2.45, 2.75) is 91.0 Å². The van der Waals surface area contributed by atoms with Crippen LogP contribution in [-0.2, 0) is 6.54 Å². The van der Waals surface area contributed by atoms with Crippen molar-refractivity contribution in [1.82, 2.24) is 0 Å². The normalized spacial score (nSPS) is 13.1. The lowest BCUT2D eigenvalue weighted by Gasteiger charge is -2.32. The molecule has 0 spiro atoms. The number of rotatable bonds is 15. The van der Waals surface area contributed by atoms with Gasteiger partial charge in [0.1, 0.15) is 6.54 Å². The van der Waals surface area contributed by atoms with Gasteiger partial charge in [0.05, 0.1) is 20.6 Å². The predicted molar refractivity (Wildman–Crippen MR) is 113 cm³/mol. The number of hydrogen-bond donors (Lipinski definition) is 0. The summed E-state index contributed by atoms with van der Waals surface area (Å²) in [4.78, 5) is 0. The maximum atomic E-state index is 2.44. The van der Waals surface area contributed by atoms with Gasteiger partial charge in [-0.2, -0.15) is 0 Å². The Morgan fingerprint density at radius 2 is 1.28 bits per heavy atom. The molecular formula is C24H44N+. The van der Waals surface area contributed by atoms with E-state index in [4.69, 9.17) is 0 Å². The van der Waals surface area contributed by atoms with Gasteiger partial charge in [0.25, 0.3) is 0 Å². The van der Waals surface area contributed by atoms with E-state index in [1.165, 1.54) is 82.7 Å². The van der Waals surface area contributed by atoms with Crippen molar-refractivity contribution in [1.29, 1.82) is 0 Å². The Hall–Kier alpha value is -0.820. The maximum Gasteiger partial charge on any atom is 0.104 e. The van der Waals surface area contributed by atoms with Crippen molar-refractivity contribution < 1.29 is 4.48 Å². The van der Waals surface area contributed by atoms with Gasteiger partial charge in [-0.25, -0.2) is 0 Å². The Labute approximate surface area is 158 Å². The first kappa shape index (κ1) is 22.2. The largest absolute Gasteiger partial charge is 0.325 e. The van der Waals surface area contributed by atoms with E-state index in [0.717, 1.165) is 16.9 Å². The highest BCUT2D eigenvalue weighted by molar-refractivity contribution is 5.13. The number of nitrogens with zero attached hydrogens (tertiary/aromatic N) is 1. The molecule has 0 amide bonds. The van der Waals surface area contributed by atoms with Crippen LogP contribution in [-0.4, -0.2) is 25.1 Å². The van der Waals surface area contributed by atoms with Gasteiger partial charge in [0.2, 0.25) is 0 Å². The van der Waals surface area contributed by atoms with Crippen LogP contribution in [0, 0.1) is 5.92 Å². The first-order chi connectivity index (χ1) is 12.0. The molecule has 1 nitrogen and oxygen atoms in total. The second-order valence-electron chi connectivity index (χ2n) is 8.84. The predicted octanol–water partition coefficient (Wildman–Crippen LogP) is 7.21. The summed E-state index contributed by atoms with van der Waals surface area (Å²) in [7, 11) is 4.75. The minimum Gasteiger partial charge on any atom is -0.325 e. The molecule has 0 N–H and O–H groups in total. The van der Waals surface area contributed by atoms with E-state index in [1.807, 2.05) is 0 Å². The smallest absolute Gasteiger partial charge is 0.104 e. The zero-order valence-electron chi connectivity index (χ0n) is 17.6. The molecule has 1 heteroatoms. The molecule has 0 radical (unpaired) electrons. The zero-order chi connectivity index (χ0) is 18.4. The van der Waals surface area contributed by atoms with Gasteiger partial charge in [-0.1, -0.05) is 108 Å². The number of unbranched alkanes of at least 4 members (excludes halogenated alkanes) is 9. The average molecular weight is 347 g/mol. The molecule has 0 aliphatic rings. The van der Waals surface area contributed by atoms with Crippen LogP contribution in [0.15, 0.2) is 30.3 Å². The molecule has 0 heterocycles. The van der Waals surface area contributed by atoms with Crippen LogP contribution in [0.4, 0.5) is 0 Å².